The van der Waals surface area contributed by atoms with Gasteiger partial charge in [0.05, 0.1) is 27.8 Å². The lowest BCUT2D eigenvalue weighted by molar-refractivity contribution is -0.384. The van der Waals surface area contributed by atoms with Gasteiger partial charge in [-0.1, -0.05) is 29.8 Å². The zero-order valence-corrected chi connectivity index (χ0v) is 14.8. The van der Waals surface area contributed by atoms with Crippen LogP contribution in [0, 0.1) is 17.0 Å². The Balaban J connectivity index is 1.76. The summed E-state index contributed by atoms with van der Waals surface area (Å²) in [6.45, 7) is 1.93. The van der Waals surface area contributed by atoms with Gasteiger partial charge in [0.15, 0.2) is 0 Å². The number of fused-ring (bicyclic) bond motifs is 1. The van der Waals surface area contributed by atoms with Gasteiger partial charge in [0.2, 0.25) is 0 Å². The van der Waals surface area contributed by atoms with Gasteiger partial charge in [-0.05, 0) is 31.2 Å². The minimum atomic E-state index is -0.594. The van der Waals surface area contributed by atoms with Crippen LogP contribution in [0.4, 0.5) is 11.4 Å². The van der Waals surface area contributed by atoms with Crippen molar-refractivity contribution in [3.63, 3.8) is 0 Å². The number of ether oxygens (including phenoxy) is 1. The number of amides is 2. The number of rotatable bonds is 4. The summed E-state index contributed by atoms with van der Waals surface area (Å²) in [7, 11) is 0. The second-order valence-electron chi connectivity index (χ2n) is 6.35. The van der Waals surface area contributed by atoms with Crippen LogP contribution in [0.5, 0.6) is 11.5 Å². The van der Waals surface area contributed by atoms with Crippen molar-refractivity contribution in [3.05, 3.63) is 93.5 Å². The number of nitro groups is 1. The molecule has 0 N–H and O–H groups in total. The van der Waals surface area contributed by atoms with Gasteiger partial charge in [-0.3, -0.25) is 19.7 Å². The molecule has 138 valence electrons. The molecular formula is C21H14N2O5. The molecule has 1 aliphatic rings. The van der Waals surface area contributed by atoms with Crippen LogP contribution in [0.15, 0.2) is 66.7 Å². The van der Waals surface area contributed by atoms with Crippen LogP contribution in [0.3, 0.4) is 0 Å². The summed E-state index contributed by atoms with van der Waals surface area (Å²) in [5, 5.41) is 11.4. The lowest BCUT2D eigenvalue weighted by Gasteiger charge is -2.15. The second kappa shape index (κ2) is 6.62. The van der Waals surface area contributed by atoms with Crippen LogP contribution in [0.2, 0.25) is 0 Å². The van der Waals surface area contributed by atoms with Crippen molar-refractivity contribution in [2.45, 2.75) is 6.92 Å². The van der Waals surface area contributed by atoms with E-state index >= 15 is 0 Å². The van der Waals surface area contributed by atoms with Gasteiger partial charge >= 0.3 is 0 Å². The van der Waals surface area contributed by atoms with Crippen molar-refractivity contribution in [3.8, 4) is 11.5 Å². The van der Waals surface area contributed by atoms with Crippen molar-refractivity contribution in [1.82, 2.24) is 0 Å². The Morgan fingerprint density at radius 1 is 0.857 bits per heavy atom. The molecule has 7 heteroatoms. The summed E-state index contributed by atoms with van der Waals surface area (Å²) in [5.74, 6) is -0.409. The number of hydrogen-bond acceptors (Lipinski definition) is 5. The number of benzene rings is 3. The second-order valence-corrected chi connectivity index (χ2v) is 6.35. The molecule has 0 saturated carbocycles. The SMILES string of the molecule is Cc1ccc(Oc2cc(N3C(=O)c4ccccc4C3=O)cc([N+](=O)[O-])c2)cc1. The number of carbonyl (C=O) groups excluding carboxylic acids is 2. The van der Waals surface area contributed by atoms with Crippen molar-refractivity contribution < 1.29 is 19.2 Å². The average molecular weight is 374 g/mol. The fraction of sp³-hybridized carbons (Fsp3) is 0.0476. The number of anilines is 1. The number of carbonyl (C=O) groups is 2. The molecule has 4 rings (SSSR count). The van der Waals surface area contributed by atoms with Crippen molar-refractivity contribution in [2.75, 3.05) is 4.90 Å². The highest BCUT2D eigenvalue weighted by molar-refractivity contribution is 6.34. The molecule has 0 unspecified atom stereocenters. The monoisotopic (exact) mass is 374 g/mol. The standard InChI is InChI=1S/C21H14N2O5/c1-13-6-8-16(9-7-13)28-17-11-14(10-15(12-17)23(26)27)22-20(24)18-4-2-3-5-19(18)21(22)25/h2-12H,1H3. The third-order valence-corrected chi connectivity index (χ3v) is 4.40. The third-order valence-electron chi connectivity index (χ3n) is 4.40. The van der Waals surface area contributed by atoms with E-state index in [2.05, 4.69) is 0 Å². The normalized spacial score (nSPS) is 12.8. The van der Waals surface area contributed by atoms with E-state index in [1.807, 2.05) is 19.1 Å². The van der Waals surface area contributed by atoms with Gasteiger partial charge in [0.25, 0.3) is 17.5 Å². The topological polar surface area (TPSA) is 89.8 Å². The number of nitro benzene ring substituents is 1. The van der Waals surface area contributed by atoms with Gasteiger partial charge in [-0.15, -0.1) is 0 Å². The molecule has 0 aliphatic carbocycles. The van der Waals surface area contributed by atoms with E-state index in [1.54, 1.807) is 36.4 Å². The first-order valence-corrected chi connectivity index (χ1v) is 8.46. The maximum absolute atomic E-state index is 12.7. The Morgan fingerprint density at radius 2 is 1.46 bits per heavy atom. The van der Waals surface area contributed by atoms with E-state index in [0.29, 0.717) is 5.75 Å². The lowest BCUT2D eigenvalue weighted by Crippen LogP contribution is -2.29. The lowest BCUT2D eigenvalue weighted by atomic mass is 10.1. The van der Waals surface area contributed by atoms with Gasteiger partial charge in [-0.25, -0.2) is 4.90 Å². The summed E-state index contributed by atoms with van der Waals surface area (Å²) in [6, 6.07) is 17.5. The first-order valence-electron chi connectivity index (χ1n) is 8.46. The van der Waals surface area contributed by atoms with E-state index in [4.69, 9.17) is 4.74 Å². The number of nitrogens with zero attached hydrogens (tertiary/aromatic N) is 2. The predicted octanol–water partition coefficient (Wildman–Crippen LogP) is 4.50. The average Bonchev–Trinajstić information content (AvgIpc) is 2.94. The molecule has 0 atom stereocenters. The number of hydrogen-bond donors (Lipinski definition) is 0. The summed E-state index contributed by atoms with van der Waals surface area (Å²) < 4.78 is 5.72. The highest BCUT2D eigenvalue weighted by Gasteiger charge is 2.37. The van der Waals surface area contributed by atoms with Gasteiger partial charge in [-0.2, -0.15) is 0 Å². The smallest absolute Gasteiger partial charge is 0.275 e. The summed E-state index contributed by atoms with van der Waals surface area (Å²) in [4.78, 5) is 37.1. The number of non-ortho nitro benzene ring substituents is 1. The number of aryl methyl sites for hydroxylation is 1. The molecular weight excluding hydrogens is 360 g/mol. The van der Waals surface area contributed by atoms with Crippen LogP contribution in [0.25, 0.3) is 0 Å². The molecule has 0 saturated heterocycles. The Labute approximate surface area is 159 Å². The molecule has 3 aromatic rings. The zero-order chi connectivity index (χ0) is 19.8. The van der Waals surface area contributed by atoms with Gasteiger partial charge in [0.1, 0.15) is 11.5 Å². The molecule has 0 fully saturated rings. The van der Waals surface area contributed by atoms with Gasteiger partial charge in [0, 0.05) is 12.1 Å². The van der Waals surface area contributed by atoms with Crippen LogP contribution >= 0.6 is 0 Å². The molecule has 1 heterocycles. The molecule has 0 radical (unpaired) electrons. The predicted molar refractivity (Wildman–Crippen MR) is 102 cm³/mol. The highest BCUT2D eigenvalue weighted by atomic mass is 16.6. The quantitative estimate of drug-likeness (QED) is 0.381. The molecule has 2 amide bonds. The summed E-state index contributed by atoms with van der Waals surface area (Å²) in [5.41, 5.74) is 1.37. The van der Waals surface area contributed by atoms with E-state index in [0.717, 1.165) is 10.5 Å². The molecule has 0 spiro atoms. The van der Waals surface area contributed by atoms with Crippen molar-refractivity contribution >= 4 is 23.2 Å². The largest absolute Gasteiger partial charge is 0.457 e. The van der Waals surface area contributed by atoms with E-state index in [1.165, 1.54) is 18.2 Å². The Hall–Kier alpha value is -4.00. The maximum Gasteiger partial charge on any atom is 0.275 e. The van der Waals surface area contributed by atoms with Crippen LogP contribution in [0.1, 0.15) is 26.3 Å². The number of imide groups is 1. The van der Waals surface area contributed by atoms with Gasteiger partial charge < -0.3 is 4.74 Å². The summed E-state index contributed by atoms with van der Waals surface area (Å²) >= 11 is 0. The van der Waals surface area contributed by atoms with Crippen molar-refractivity contribution in [1.29, 1.82) is 0 Å². The Morgan fingerprint density at radius 3 is 2.04 bits per heavy atom. The first-order chi connectivity index (χ1) is 13.4. The highest BCUT2D eigenvalue weighted by Crippen LogP contribution is 2.35. The van der Waals surface area contributed by atoms with Crippen molar-refractivity contribution in [2.24, 2.45) is 0 Å². The third kappa shape index (κ3) is 2.99. The molecule has 3 aromatic carbocycles. The summed E-state index contributed by atoms with van der Waals surface area (Å²) in [6.07, 6.45) is 0. The molecule has 7 nitrogen and oxygen atoms in total. The minimum Gasteiger partial charge on any atom is -0.457 e. The van der Waals surface area contributed by atoms with Crippen LogP contribution in [-0.4, -0.2) is 16.7 Å². The molecule has 28 heavy (non-hydrogen) atoms. The minimum absolute atomic E-state index is 0.0857. The Kier molecular flexibility index (Phi) is 4.12. The van der Waals surface area contributed by atoms with E-state index in [9.17, 15) is 19.7 Å². The molecule has 0 bridgehead atoms. The fourth-order valence-electron chi connectivity index (χ4n) is 3.03. The molecule has 0 aromatic heterocycles. The maximum atomic E-state index is 12.7. The zero-order valence-electron chi connectivity index (χ0n) is 14.8. The first kappa shape index (κ1) is 17.4. The van der Waals surface area contributed by atoms with E-state index in [-0.39, 0.29) is 28.3 Å². The van der Waals surface area contributed by atoms with Crippen LogP contribution in [-0.2, 0) is 0 Å². The van der Waals surface area contributed by atoms with Crippen LogP contribution < -0.4 is 9.64 Å². The van der Waals surface area contributed by atoms with E-state index < -0.39 is 16.7 Å². The Bertz CT molecular complexity index is 1090. The fourth-order valence-corrected chi connectivity index (χ4v) is 3.03. The molecule has 1 aliphatic heterocycles.